The Labute approximate surface area is 157 Å². The third kappa shape index (κ3) is 4.19. The molecule has 0 saturated carbocycles. The summed E-state index contributed by atoms with van der Waals surface area (Å²) in [6.07, 6.45) is 2.71. The van der Waals surface area contributed by atoms with Gasteiger partial charge in [-0.2, -0.15) is 5.26 Å². The topological polar surface area (TPSA) is 99.9 Å². The molecule has 0 fully saturated rings. The highest BCUT2D eigenvalue weighted by Gasteiger charge is 2.16. The number of pyridine rings is 1. The van der Waals surface area contributed by atoms with Crippen molar-refractivity contribution in [2.24, 2.45) is 0 Å². The van der Waals surface area contributed by atoms with Gasteiger partial charge in [0.1, 0.15) is 6.07 Å². The predicted molar refractivity (Wildman–Crippen MR) is 102 cm³/mol. The number of benzene rings is 2. The number of rotatable bonds is 4. The molecule has 27 heavy (non-hydrogen) atoms. The number of sulfone groups is 1. The Morgan fingerprint density at radius 1 is 1.07 bits per heavy atom. The van der Waals surface area contributed by atoms with E-state index in [0.29, 0.717) is 5.69 Å². The van der Waals surface area contributed by atoms with Gasteiger partial charge in [0.2, 0.25) is 0 Å². The van der Waals surface area contributed by atoms with E-state index < -0.39 is 15.7 Å². The summed E-state index contributed by atoms with van der Waals surface area (Å²) >= 11 is 0. The monoisotopic (exact) mass is 377 g/mol. The SMILES string of the molecule is CS(=O)(=O)c1ccc(C(=O)Nc2cccc(-c3ccccn3)c2)cc1C#N. The molecule has 0 atom stereocenters. The molecule has 1 heterocycles. The molecule has 0 radical (unpaired) electrons. The average Bonchev–Trinajstić information content (AvgIpc) is 2.67. The first-order chi connectivity index (χ1) is 12.9. The Morgan fingerprint density at radius 3 is 2.56 bits per heavy atom. The predicted octanol–water partition coefficient (Wildman–Crippen LogP) is 3.28. The quantitative estimate of drug-likeness (QED) is 0.752. The lowest BCUT2D eigenvalue weighted by Crippen LogP contribution is -2.13. The summed E-state index contributed by atoms with van der Waals surface area (Å²) in [5.41, 5.74) is 2.32. The molecule has 3 rings (SSSR count). The van der Waals surface area contributed by atoms with E-state index in [0.717, 1.165) is 17.5 Å². The number of nitrogens with zero attached hydrogens (tertiary/aromatic N) is 2. The number of anilines is 1. The molecule has 3 aromatic rings. The molecule has 0 bridgehead atoms. The third-order valence-electron chi connectivity index (χ3n) is 3.84. The zero-order chi connectivity index (χ0) is 19.4. The fraction of sp³-hybridized carbons (Fsp3) is 0.0500. The van der Waals surface area contributed by atoms with Crippen molar-refractivity contribution in [2.75, 3.05) is 11.6 Å². The van der Waals surface area contributed by atoms with Crippen molar-refractivity contribution in [3.63, 3.8) is 0 Å². The first kappa shape index (κ1) is 18.3. The summed E-state index contributed by atoms with van der Waals surface area (Å²) in [6, 6.07) is 18.5. The number of amides is 1. The molecule has 1 N–H and O–H groups in total. The largest absolute Gasteiger partial charge is 0.322 e. The van der Waals surface area contributed by atoms with Crippen molar-refractivity contribution in [2.45, 2.75) is 4.90 Å². The van der Waals surface area contributed by atoms with Crippen LogP contribution in [0.15, 0.2) is 71.8 Å². The van der Waals surface area contributed by atoms with Crippen LogP contribution < -0.4 is 5.32 Å². The van der Waals surface area contributed by atoms with Gasteiger partial charge in [-0.05, 0) is 42.5 Å². The molecule has 0 saturated heterocycles. The van der Waals surface area contributed by atoms with E-state index in [-0.39, 0.29) is 16.0 Å². The minimum atomic E-state index is -3.54. The van der Waals surface area contributed by atoms with Gasteiger partial charge in [0, 0.05) is 29.3 Å². The molecule has 0 aliphatic rings. The van der Waals surface area contributed by atoms with Crippen LogP contribution in [0.1, 0.15) is 15.9 Å². The van der Waals surface area contributed by atoms with Crippen molar-refractivity contribution < 1.29 is 13.2 Å². The number of aromatic nitrogens is 1. The van der Waals surface area contributed by atoms with Crippen LogP contribution in [0.2, 0.25) is 0 Å². The van der Waals surface area contributed by atoms with E-state index in [1.165, 1.54) is 18.2 Å². The molecule has 1 amide bonds. The van der Waals surface area contributed by atoms with Gasteiger partial charge in [-0.1, -0.05) is 18.2 Å². The maximum atomic E-state index is 12.5. The molecule has 0 unspecified atom stereocenters. The molecular formula is C20H15N3O3S. The lowest BCUT2D eigenvalue weighted by atomic mass is 10.1. The van der Waals surface area contributed by atoms with Gasteiger partial charge in [-0.15, -0.1) is 0 Å². The van der Waals surface area contributed by atoms with E-state index in [1.807, 2.05) is 30.3 Å². The summed E-state index contributed by atoms with van der Waals surface area (Å²) in [7, 11) is -3.54. The Bertz CT molecular complexity index is 1150. The van der Waals surface area contributed by atoms with Crippen LogP contribution in [-0.4, -0.2) is 25.6 Å². The highest BCUT2D eigenvalue weighted by Crippen LogP contribution is 2.22. The van der Waals surface area contributed by atoms with Crippen molar-refractivity contribution >= 4 is 21.4 Å². The first-order valence-corrected chi connectivity index (χ1v) is 9.84. The maximum absolute atomic E-state index is 12.5. The van der Waals surface area contributed by atoms with Crippen LogP contribution in [0, 0.1) is 11.3 Å². The second-order valence-corrected chi connectivity index (χ2v) is 7.83. The van der Waals surface area contributed by atoms with Crippen LogP contribution in [0.4, 0.5) is 5.69 Å². The highest BCUT2D eigenvalue weighted by atomic mass is 32.2. The van der Waals surface area contributed by atoms with Crippen molar-refractivity contribution in [1.82, 2.24) is 4.98 Å². The van der Waals surface area contributed by atoms with Gasteiger partial charge in [0.05, 0.1) is 16.2 Å². The Kier molecular flexibility index (Phi) is 5.01. The molecule has 6 nitrogen and oxygen atoms in total. The summed E-state index contributed by atoms with van der Waals surface area (Å²) in [6.45, 7) is 0. The van der Waals surface area contributed by atoms with Crippen LogP contribution in [0.3, 0.4) is 0 Å². The third-order valence-corrected chi connectivity index (χ3v) is 5.00. The smallest absolute Gasteiger partial charge is 0.255 e. The molecule has 0 aliphatic carbocycles. The average molecular weight is 377 g/mol. The van der Waals surface area contributed by atoms with Crippen molar-refractivity contribution in [3.05, 3.63) is 78.0 Å². The second-order valence-electron chi connectivity index (χ2n) is 5.84. The lowest BCUT2D eigenvalue weighted by molar-refractivity contribution is 0.102. The molecule has 134 valence electrons. The van der Waals surface area contributed by atoms with Gasteiger partial charge < -0.3 is 5.32 Å². The number of nitrogens with one attached hydrogen (secondary N) is 1. The summed E-state index contributed by atoms with van der Waals surface area (Å²) < 4.78 is 23.4. The summed E-state index contributed by atoms with van der Waals surface area (Å²) in [4.78, 5) is 16.7. The Morgan fingerprint density at radius 2 is 1.89 bits per heavy atom. The molecular weight excluding hydrogens is 362 g/mol. The fourth-order valence-corrected chi connectivity index (χ4v) is 3.39. The van der Waals surface area contributed by atoms with Gasteiger partial charge >= 0.3 is 0 Å². The molecule has 0 aliphatic heterocycles. The number of carbonyl (C=O) groups is 1. The minimum absolute atomic E-state index is 0.0626. The minimum Gasteiger partial charge on any atom is -0.322 e. The summed E-state index contributed by atoms with van der Waals surface area (Å²) in [5, 5.41) is 11.9. The number of hydrogen-bond acceptors (Lipinski definition) is 5. The molecule has 7 heteroatoms. The van der Waals surface area contributed by atoms with Gasteiger partial charge in [-0.25, -0.2) is 8.42 Å². The Balaban J connectivity index is 1.87. The molecule has 2 aromatic carbocycles. The summed E-state index contributed by atoms with van der Waals surface area (Å²) in [5.74, 6) is -0.440. The maximum Gasteiger partial charge on any atom is 0.255 e. The van der Waals surface area contributed by atoms with Crippen LogP contribution in [0.25, 0.3) is 11.3 Å². The van der Waals surface area contributed by atoms with Crippen LogP contribution in [0.5, 0.6) is 0 Å². The van der Waals surface area contributed by atoms with Crippen molar-refractivity contribution in [3.8, 4) is 17.3 Å². The Hall–Kier alpha value is -3.50. The van der Waals surface area contributed by atoms with Gasteiger partial charge in [-0.3, -0.25) is 9.78 Å². The van der Waals surface area contributed by atoms with Crippen LogP contribution >= 0.6 is 0 Å². The van der Waals surface area contributed by atoms with Gasteiger partial charge in [0.25, 0.3) is 5.91 Å². The van der Waals surface area contributed by atoms with Gasteiger partial charge in [0.15, 0.2) is 9.84 Å². The van der Waals surface area contributed by atoms with E-state index >= 15 is 0 Å². The zero-order valence-corrected chi connectivity index (χ0v) is 15.2. The number of carbonyl (C=O) groups excluding carboxylic acids is 1. The van der Waals surface area contributed by atoms with E-state index in [2.05, 4.69) is 10.3 Å². The zero-order valence-electron chi connectivity index (χ0n) is 14.4. The van der Waals surface area contributed by atoms with E-state index in [9.17, 15) is 18.5 Å². The molecule has 1 aromatic heterocycles. The van der Waals surface area contributed by atoms with Crippen LogP contribution in [-0.2, 0) is 9.84 Å². The molecule has 0 spiro atoms. The number of hydrogen-bond donors (Lipinski definition) is 1. The van der Waals surface area contributed by atoms with E-state index in [4.69, 9.17) is 0 Å². The normalized spacial score (nSPS) is 10.8. The first-order valence-electron chi connectivity index (χ1n) is 7.95. The second kappa shape index (κ2) is 7.40. The van der Waals surface area contributed by atoms with E-state index in [1.54, 1.807) is 24.4 Å². The standard InChI is InChI=1S/C20H15N3O3S/c1-27(25,26)19-9-8-15(11-16(19)13-21)20(24)23-17-6-4-5-14(12-17)18-7-2-3-10-22-18/h2-12H,1H3,(H,23,24). The highest BCUT2D eigenvalue weighted by molar-refractivity contribution is 7.90. The fourth-order valence-electron chi connectivity index (χ4n) is 2.57. The number of nitriles is 1. The van der Waals surface area contributed by atoms with Crippen molar-refractivity contribution in [1.29, 1.82) is 5.26 Å². The lowest BCUT2D eigenvalue weighted by Gasteiger charge is -2.09.